The fourth-order valence-electron chi connectivity index (χ4n) is 2.63. The van der Waals surface area contributed by atoms with E-state index < -0.39 is 10.0 Å². The Morgan fingerprint density at radius 1 is 1.11 bits per heavy atom. The number of fused-ring (bicyclic) bond motifs is 1. The van der Waals surface area contributed by atoms with Gasteiger partial charge in [0.2, 0.25) is 21.1 Å². The summed E-state index contributed by atoms with van der Waals surface area (Å²) in [5.74, 6) is -0.306. The highest BCUT2D eigenvalue weighted by Crippen LogP contribution is 2.19. The highest BCUT2D eigenvalue weighted by molar-refractivity contribution is 7.89. The summed E-state index contributed by atoms with van der Waals surface area (Å²) in [5, 5.41) is 13.8. The van der Waals surface area contributed by atoms with Crippen molar-refractivity contribution in [2.45, 2.75) is 37.5 Å². The topological polar surface area (TPSA) is 101 Å². The fraction of sp³-hybridized carbons (Fsp3) is 0.316. The third-order valence-electron chi connectivity index (χ3n) is 4.13. The van der Waals surface area contributed by atoms with Crippen molar-refractivity contribution in [1.82, 2.24) is 14.9 Å². The monoisotopic (exact) mass is 418 g/mol. The van der Waals surface area contributed by atoms with E-state index in [-0.39, 0.29) is 23.8 Å². The van der Waals surface area contributed by atoms with Crippen LogP contribution in [0.25, 0.3) is 10.8 Å². The van der Waals surface area contributed by atoms with Crippen molar-refractivity contribution in [1.29, 1.82) is 0 Å². The normalized spacial score (nSPS) is 11.6. The van der Waals surface area contributed by atoms with Gasteiger partial charge >= 0.3 is 0 Å². The van der Waals surface area contributed by atoms with Crippen LogP contribution in [0.1, 0.15) is 31.2 Å². The summed E-state index contributed by atoms with van der Waals surface area (Å²) in [6.45, 7) is 2.10. The van der Waals surface area contributed by atoms with E-state index in [1.54, 1.807) is 18.2 Å². The number of anilines is 1. The number of hydrogen-bond donors (Lipinski definition) is 2. The summed E-state index contributed by atoms with van der Waals surface area (Å²) in [5.41, 5.74) is 0. The van der Waals surface area contributed by atoms with Crippen molar-refractivity contribution >= 4 is 43.2 Å². The number of rotatable bonds is 9. The van der Waals surface area contributed by atoms with E-state index in [1.807, 2.05) is 24.3 Å². The van der Waals surface area contributed by atoms with Gasteiger partial charge in [-0.3, -0.25) is 4.79 Å². The summed E-state index contributed by atoms with van der Waals surface area (Å²) in [6, 6.07) is 12.5. The van der Waals surface area contributed by atoms with Crippen LogP contribution in [0.2, 0.25) is 0 Å². The van der Waals surface area contributed by atoms with Crippen molar-refractivity contribution in [3.05, 3.63) is 47.5 Å². The Labute approximate surface area is 168 Å². The highest BCUT2D eigenvalue weighted by atomic mass is 32.2. The number of carbonyl (C=O) groups is 1. The molecule has 28 heavy (non-hydrogen) atoms. The number of aromatic nitrogens is 2. The third-order valence-corrected chi connectivity index (χ3v) is 6.49. The van der Waals surface area contributed by atoms with Gasteiger partial charge in [0.25, 0.3) is 0 Å². The molecule has 0 radical (unpaired) electrons. The van der Waals surface area contributed by atoms with E-state index in [0.717, 1.165) is 35.0 Å². The average molecular weight is 419 g/mol. The molecule has 0 spiro atoms. The van der Waals surface area contributed by atoms with E-state index in [9.17, 15) is 13.2 Å². The highest BCUT2D eigenvalue weighted by Gasteiger charge is 2.15. The first kappa shape index (κ1) is 20.4. The molecule has 0 aliphatic rings. The molecule has 2 aromatic carbocycles. The fourth-order valence-corrected chi connectivity index (χ4v) is 4.50. The SMILES string of the molecule is CCCCc1nnc(NC(=O)CCNS(=O)(=O)c2ccc3ccccc3c2)s1. The number of hydrogen-bond acceptors (Lipinski definition) is 6. The summed E-state index contributed by atoms with van der Waals surface area (Å²) >= 11 is 1.35. The van der Waals surface area contributed by atoms with Gasteiger partial charge in [0.1, 0.15) is 5.01 Å². The van der Waals surface area contributed by atoms with Crippen molar-refractivity contribution in [3.63, 3.8) is 0 Å². The molecule has 3 rings (SSSR count). The number of carbonyl (C=O) groups excluding carboxylic acids is 1. The molecular formula is C19H22N4O3S2. The number of nitrogens with one attached hydrogen (secondary N) is 2. The Morgan fingerprint density at radius 2 is 1.89 bits per heavy atom. The van der Waals surface area contributed by atoms with Crippen LogP contribution in [-0.4, -0.2) is 31.1 Å². The van der Waals surface area contributed by atoms with Crippen molar-refractivity contribution < 1.29 is 13.2 Å². The number of aryl methyl sites for hydroxylation is 1. The first-order valence-electron chi connectivity index (χ1n) is 9.08. The first-order valence-corrected chi connectivity index (χ1v) is 11.4. The predicted molar refractivity (Wildman–Crippen MR) is 111 cm³/mol. The largest absolute Gasteiger partial charge is 0.300 e. The molecule has 3 aromatic rings. The molecule has 2 N–H and O–H groups in total. The average Bonchev–Trinajstić information content (AvgIpc) is 3.13. The lowest BCUT2D eigenvalue weighted by Gasteiger charge is -2.07. The van der Waals surface area contributed by atoms with Gasteiger partial charge in [0.15, 0.2) is 0 Å². The van der Waals surface area contributed by atoms with Crippen molar-refractivity contribution in [3.8, 4) is 0 Å². The number of nitrogens with zero attached hydrogens (tertiary/aromatic N) is 2. The zero-order chi connectivity index (χ0) is 20.0. The molecule has 0 atom stereocenters. The number of benzene rings is 2. The standard InChI is InChI=1S/C19H22N4O3S2/c1-2-3-8-18-22-23-19(27-18)21-17(24)11-12-20-28(25,26)16-10-9-14-6-4-5-7-15(14)13-16/h4-7,9-10,13,20H,2-3,8,11-12H2,1H3,(H,21,23,24). The molecule has 1 amide bonds. The second-order valence-corrected chi connectivity index (χ2v) is 9.14. The number of unbranched alkanes of at least 4 members (excludes halogenated alkanes) is 1. The maximum absolute atomic E-state index is 12.5. The lowest BCUT2D eigenvalue weighted by molar-refractivity contribution is -0.116. The van der Waals surface area contributed by atoms with E-state index in [1.165, 1.54) is 11.3 Å². The van der Waals surface area contributed by atoms with E-state index >= 15 is 0 Å². The zero-order valence-electron chi connectivity index (χ0n) is 15.5. The summed E-state index contributed by atoms with van der Waals surface area (Å²) in [4.78, 5) is 12.2. The van der Waals surface area contributed by atoms with Crippen LogP contribution in [0.4, 0.5) is 5.13 Å². The minimum Gasteiger partial charge on any atom is -0.300 e. The lowest BCUT2D eigenvalue weighted by Crippen LogP contribution is -2.27. The van der Waals surface area contributed by atoms with Gasteiger partial charge in [-0.05, 0) is 29.3 Å². The summed E-state index contributed by atoms with van der Waals surface area (Å²) in [6.07, 6.45) is 2.95. The van der Waals surface area contributed by atoms with Gasteiger partial charge in [0, 0.05) is 19.4 Å². The van der Waals surface area contributed by atoms with Gasteiger partial charge < -0.3 is 5.32 Å². The molecule has 0 unspecified atom stereocenters. The van der Waals surface area contributed by atoms with Gasteiger partial charge in [-0.2, -0.15) is 0 Å². The van der Waals surface area contributed by atoms with Gasteiger partial charge in [-0.25, -0.2) is 13.1 Å². The zero-order valence-corrected chi connectivity index (χ0v) is 17.1. The van der Waals surface area contributed by atoms with E-state index in [0.29, 0.717) is 5.13 Å². The minimum atomic E-state index is -3.68. The molecule has 0 aliphatic heterocycles. The molecule has 0 saturated heterocycles. The molecule has 1 aromatic heterocycles. The third kappa shape index (κ3) is 5.34. The van der Waals surface area contributed by atoms with Crippen molar-refractivity contribution in [2.24, 2.45) is 0 Å². The summed E-state index contributed by atoms with van der Waals surface area (Å²) in [7, 11) is -3.68. The molecule has 9 heteroatoms. The molecule has 0 aliphatic carbocycles. The molecular weight excluding hydrogens is 396 g/mol. The Hall–Kier alpha value is -2.36. The molecule has 148 valence electrons. The Balaban J connectivity index is 1.52. The van der Waals surface area contributed by atoms with E-state index in [2.05, 4.69) is 27.2 Å². The van der Waals surface area contributed by atoms with Crippen LogP contribution in [0.3, 0.4) is 0 Å². The van der Waals surface area contributed by atoms with E-state index in [4.69, 9.17) is 0 Å². The van der Waals surface area contributed by atoms with Crippen LogP contribution in [0.5, 0.6) is 0 Å². The Morgan fingerprint density at radius 3 is 2.68 bits per heavy atom. The maximum atomic E-state index is 12.5. The smallest absolute Gasteiger partial charge is 0.240 e. The first-order chi connectivity index (χ1) is 13.5. The van der Waals surface area contributed by atoms with Crippen molar-refractivity contribution in [2.75, 3.05) is 11.9 Å². The predicted octanol–water partition coefficient (Wildman–Crippen LogP) is 3.34. The quantitative estimate of drug-likeness (QED) is 0.555. The lowest BCUT2D eigenvalue weighted by atomic mass is 10.1. The van der Waals surface area contributed by atoms with Crippen LogP contribution in [0, 0.1) is 0 Å². The van der Waals surface area contributed by atoms with Gasteiger partial charge in [-0.1, -0.05) is 55.0 Å². The molecule has 7 nitrogen and oxygen atoms in total. The Bertz CT molecular complexity index is 1060. The molecule has 1 heterocycles. The van der Waals surface area contributed by atoms with Gasteiger partial charge in [0.05, 0.1) is 4.90 Å². The number of sulfonamides is 1. The van der Waals surface area contributed by atoms with Crippen LogP contribution in [-0.2, 0) is 21.2 Å². The molecule has 0 bridgehead atoms. The van der Waals surface area contributed by atoms with Gasteiger partial charge in [-0.15, -0.1) is 10.2 Å². The number of amides is 1. The van der Waals surface area contributed by atoms with Crippen LogP contribution >= 0.6 is 11.3 Å². The minimum absolute atomic E-state index is 0.00247. The Kier molecular flexibility index (Phi) is 6.71. The summed E-state index contributed by atoms with van der Waals surface area (Å²) < 4.78 is 27.4. The second kappa shape index (κ2) is 9.22. The van der Waals surface area contributed by atoms with Crippen LogP contribution in [0.15, 0.2) is 47.4 Å². The molecule has 0 fully saturated rings. The molecule has 0 saturated carbocycles. The van der Waals surface area contributed by atoms with Crippen LogP contribution < -0.4 is 10.0 Å². The maximum Gasteiger partial charge on any atom is 0.240 e. The second-order valence-electron chi connectivity index (χ2n) is 6.31.